The number of aromatic nitrogens is 3. The van der Waals surface area contributed by atoms with Gasteiger partial charge in [0, 0.05) is 22.3 Å². The van der Waals surface area contributed by atoms with Gasteiger partial charge in [-0.15, -0.1) is 10.2 Å². The first-order valence-corrected chi connectivity index (χ1v) is 11.2. The van der Waals surface area contributed by atoms with Gasteiger partial charge in [-0.3, -0.25) is 9.36 Å². The fraction of sp³-hybridized carbons (Fsp3) is 0.318. The summed E-state index contributed by atoms with van der Waals surface area (Å²) in [5.74, 6) is 1.10. The SMILES string of the molecule is Cc1ccc(-c2nnc(SCC(=O)NC3CCCC3)n2-c2ccc(Cl)cc2)cc1. The van der Waals surface area contributed by atoms with Crippen LogP contribution < -0.4 is 5.32 Å². The number of thioether (sulfide) groups is 1. The van der Waals surface area contributed by atoms with Crippen molar-refractivity contribution >= 4 is 29.3 Å². The number of nitrogens with zero attached hydrogens (tertiary/aromatic N) is 3. The van der Waals surface area contributed by atoms with Crippen molar-refractivity contribution < 1.29 is 4.79 Å². The molecule has 5 nitrogen and oxygen atoms in total. The van der Waals surface area contributed by atoms with Crippen molar-refractivity contribution in [3.8, 4) is 17.1 Å². The van der Waals surface area contributed by atoms with Gasteiger partial charge in [-0.2, -0.15) is 0 Å². The number of halogens is 1. The second kappa shape index (κ2) is 9.01. The minimum absolute atomic E-state index is 0.0458. The number of amides is 1. The van der Waals surface area contributed by atoms with Crippen LogP contribution in [0.15, 0.2) is 53.7 Å². The molecule has 150 valence electrons. The lowest BCUT2D eigenvalue weighted by Crippen LogP contribution is -2.33. The molecule has 0 bridgehead atoms. The van der Waals surface area contributed by atoms with Gasteiger partial charge in [0.25, 0.3) is 0 Å². The molecule has 0 saturated heterocycles. The van der Waals surface area contributed by atoms with E-state index in [1.165, 1.54) is 30.2 Å². The summed E-state index contributed by atoms with van der Waals surface area (Å²) in [5.41, 5.74) is 3.07. The first-order valence-electron chi connectivity index (χ1n) is 9.81. The molecule has 1 aliphatic rings. The van der Waals surface area contributed by atoms with Crippen LogP contribution in [0.2, 0.25) is 5.02 Å². The van der Waals surface area contributed by atoms with Crippen LogP contribution in [0, 0.1) is 6.92 Å². The van der Waals surface area contributed by atoms with Crippen molar-refractivity contribution in [2.24, 2.45) is 0 Å². The zero-order chi connectivity index (χ0) is 20.2. The van der Waals surface area contributed by atoms with E-state index < -0.39 is 0 Å². The Labute approximate surface area is 179 Å². The number of carbonyl (C=O) groups is 1. The second-order valence-electron chi connectivity index (χ2n) is 7.32. The predicted molar refractivity (Wildman–Crippen MR) is 118 cm³/mol. The Bertz CT molecular complexity index is 979. The van der Waals surface area contributed by atoms with Crippen LogP contribution >= 0.6 is 23.4 Å². The van der Waals surface area contributed by atoms with Gasteiger partial charge in [-0.05, 0) is 44.0 Å². The maximum Gasteiger partial charge on any atom is 0.230 e. The van der Waals surface area contributed by atoms with Crippen LogP contribution in [-0.2, 0) is 4.79 Å². The van der Waals surface area contributed by atoms with Crippen molar-refractivity contribution in [2.75, 3.05) is 5.75 Å². The van der Waals surface area contributed by atoms with E-state index >= 15 is 0 Å². The fourth-order valence-electron chi connectivity index (χ4n) is 3.55. The minimum atomic E-state index is 0.0458. The highest BCUT2D eigenvalue weighted by atomic mass is 35.5. The Morgan fingerprint density at radius 3 is 2.48 bits per heavy atom. The Morgan fingerprint density at radius 1 is 1.10 bits per heavy atom. The lowest BCUT2D eigenvalue weighted by atomic mass is 10.1. The number of hydrogen-bond donors (Lipinski definition) is 1. The normalized spacial score (nSPS) is 14.3. The van der Waals surface area contributed by atoms with Gasteiger partial charge in [0.2, 0.25) is 5.91 Å². The third-order valence-corrected chi connectivity index (χ3v) is 6.26. The third kappa shape index (κ3) is 4.82. The first kappa shape index (κ1) is 20.0. The lowest BCUT2D eigenvalue weighted by molar-refractivity contribution is -0.119. The Hall–Kier alpha value is -2.31. The molecule has 0 radical (unpaired) electrons. The summed E-state index contributed by atoms with van der Waals surface area (Å²) in [6.07, 6.45) is 4.55. The molecule has 0 unspecified atom stereocenters. The zero-order valence-electron chi connectivity index (χ0n) is 16.3. The number of rotatable bonds is 6. The Kier molecular flexibility index (Phi) is 6.21. The summed E-state index contributed by atoms with van der Waals surface area (Å²) >= 11 is 7.47. The molecule has 29 heavy (non-hydrogen) atoms. The molecule has 1 aromatic heterocycles. The van der Waals surface area contributed by atoms with Crippen LogP contribution in [0.4, 0.5) is 0 Å². The monoisotopic (exact) mass is 426 g/mol. The smallest absolute Gasteiger partial charge is 0.230 e. The highest BCUT2D eigenvalue weighted by molar-refractivity contribution is 7.99. The number of hydrogen-bond acceptors (Lipinski definition) is 4. The van der Waals surface area contributed by atoms with Crippen LogP contribution in [0.1, 0.15) is 31.2 Å². The topological polar surface area (TPSA) is 59.8 Å². The van der Waals surface area contributed by atoms with E-state index in [2.05, 4.69) is 34.6 Å². The average molecular weight is 427 g/mol. The van der Waals surface area contributed by atoms with E-state index in [1.54, 1.807) is 0 Å². The van der Waals surface area contributed by atoms with Gasteiger partial charge < -0.3 is 5.32 Å². The molecule has 0 aliphatic heterocycles. The molecular weight excluding hydrogens is 404 g/mol. The number of benzene rings is 2. The van der Waals surface area contributed by atoms with E-state index in [4.69, 9.17) is 11.6 Å². The van der Waals surface area contributed by atoms with Crippen molar-refractivity contribution in [2.45, 2.75) is 43.8 Å². The van der Waals surface area contributed by atoms with E-state index in [1.807, 2.05) is 41.0 Å². The lowest BCUT2D eigenvalue weighted by Gasteiger charge is -2.13. The zero-order valence-corrected chi connectivity index (χ0v) is 17.8. The molecule has 0 spiro atoms. The molecule has 1 amide bonds. The largest absolute Gasteiger partial charge is 0.353 e. The van der Waals surface area contributed by atoms with Crippen molar-refractivity contribution in [3.63, 3.8) is 0 Å². The highest BCUT2D eigenvalue weighted by Gasteiger charge is 2.20. The third-order valence-electron chi connectivity index (χ3n) is 5.08. The van der Waals surface area contributed by atoms with E-state index in [0.29, 0.717) is 22.0 Å². The Morgan fingerprint density at radius 2 is 1.79 bits per heavy atom. The summed E-state index contributed by atoms with van der Waals surface area (Å²) in [7, 11) is 0. The van der Waals surface area contributed by atoms with Crippen molar-refractivity contribution in [1.29, 1.82) is 0 Å². The summed E-state index contributed by atoms with van der Waals surface area (Å²) in [6, 6.07) is 16.1. The second-order valence-corrected chi connectivity index (χ2v) is 8.70. The Balaban J connectivity index is 1.60. The summed E-state index contributed by atoms with van der Waals surface area (Å²) in [4.78, 5) is 12.4. The number of carbonyl (C=O) groups excluding carboxylic acids is 1. The molecule has 1 N–H and O–H groups in total. The van der Waals surface area contributed by atoms with Crippen LogP contribution in [-0.4, -0.2) is 32.5 Å². The summed E-state index contributed by atoms with van der Waals surface area (Å²) in [6.45, 7) is 2.05. The van der Waals surface area contributed by atoms with Crippen molar-refractivity contribution in [3.05, 3.63) is 59.1 Å². The summed E-state index contributed by atoms with van der Waals surface area (Å²) in [5, 5.41) is 13.3. The van der Waals surface area contributed by atoms with Crippen LogP contribution in [0.3, 0.4) is 0 Å². The molecular formula is C22H23ClN4OS. The van der Waals surface area contributed by atoms with Gasteiger partial charge in [0.15, 0.2) is 11.0 Å². The first-order chi connectivity index (χ1) is 14.1. The molecule has 1 saturated carbocycles. The molecule has 7 heteroatoms. The molecule has 0 atom stereocenters. The molecule has 2 aromatic carbocycles. The number of nitrogens with one attached hydrogen (secondary N) is 1. The standard InChI is InChI=1S/C22H23ClN4OS/c1-15-6-8-16(9-7-15)21-25-26-22(27(21)19-12-10-17(23)11-13-19)29-14-20(28)24-18-4-2-3-5-18/h6-13,18H,2-5,14H2,1H3,(H,24,28). The van der Waals surface area contributed by atoms with Gasteiger partial charge in [-0.25, -0.2) is 0 Å². The molecule has 4 rings (SSSR count). The van der Waals surface area contributed by atoms with Crippen LogP contribution in [0.5, 0.6) is 0 Å². The summed E-state index contributed by atoms with van der Waals surface area (Å²) < 4.78 is 1.98. The van der Waals surface area contributed by atoms with Gasteiger partial charge in [-0.1, -0.05) is 66.0 Å². The molecule has 1 fully saturated rings. The van der Waals surface area contributed by atoms with Gasteiger partial charge in [0.05, 0.1) is 5.75 Å². The van der Waals surface area contributed by atoms with E-state index in [9.17, 15) is 4.79 Å². The van der Waals surface area contributed by atoms with E-state index in [0.717, 1.165) is 29.9 Å². The predicted octanol–water partition coefficient (Wildman–Crippen LogP) is 5.05. The highest BCUT2D eigenvalue weighted by Crippen LogP contribution is 2.29. The molecule has 3 aromatic rings. The maximum absolute atomic E-state index is 12.4. The molecule has 1 heterocycles. The maximum atomic E-state index is 12.4. The van der Waals surface area contributed by atoms with Crippen molar-refractivity contribution in [1.82, 2.24) is 20.1 Å². The fourth-order valence-corrected chi connectivity index (χ4v) is 4.43. The van der Waals surface area contributed by atoms with Crippen LogP contribution in [0.25, 0.3) is 17.1 Å². The quantitative estimate of drug-likeness (QED) is 0.560. The number of aryl methyl sites for hydroxylation is 1. The minimum Gasteiger partial charge on any atom is -0.353 e. The van der Waals surface area contributed by atoms with Gasteiger partial charge >= 0.3 is 0 Å². The average Bonchev–Trinajstić information content (AvgIpc) is 3.37. The molecule has 1 aliphatic carbocycles. The van der Waals surface area contributed by atoms with Gasteiger partial charge in [0.1, 0.15) is 0 Å². The van der Waals surface area contributed by atoms with E-state index in [-0.39, 0.29) is 5.91 Å².